The summed E-state index contributed by atoms with van der Waals surface area (Å²) in [5, 5.41) is 10.1. The molecule has 136 valence electrons. The Kier molecular flexibility index (Phi) is 6.22. The van der Waals surface area contributed by atoms with Gasteiger partial charge in [-0.2, -0.15) is 0 Å². The molecule has 3 rings (SSSR count). The lowest BCUT2D eigenvalue weighted by Gasteiger charge is -2.38. The van der Waals surface area contributed by atoms with Crippen LogP contribution in [0.2, 0.25) is 5.02 Å². The first kappa shape index (κ1) is 18.5. The first-order chi connectivity index (χ1) is 12.1. The molecular formula is C22H29ClO2. The van der Waals surface area contributed by atoms with Crippen LogP contribution >= 0.6 is 11.6 Å². The van der Waals surface area contributed by atoms with Crippen molar-refractivity contribution in [3.63, 3.8) is 0 Å². The summed E-state index contributed by atoms with van der Waals surface area (Å²) in [4.78, 5) is 11.3. The smallest absolute Gasteiger partial charge is 0.310 e. The minimum atomic E-state index is -0.707. The lowest BCUT2D eigenvalue weighted by Crippen LogP contribution is -2.30. The van der Waals surface area contributed by atoms with Crippen molar-refractivity contribution < 1.29 is 9.90 Å². The van der Waals surface area contributed by atoms with Crippen molar-refractivity contribution in [2.45, 2.75) is 57.3 Å². The number of benzene rings is 1. The van der Waals surface area contributed by atoms with Crippen LogP contribution in [0.15, 0.2) is 36.9 Å². The monoisotopic (exact) mass is 360 g/mol. The van der Waals surface area contributed by atoms with E-state index >= 15 is 0 Å². The predicted octanol–water partition coefficient (Wildman–Crippen LogP) is 6.31. The van der Waals surface area contributed by atoms with Crippen molar-refractivity contribution >= 4 is 17.6 Å². The molecule has 3 heteroatoms. The Bertz CT molecular complexity index is 579. The van der Waals surface area contributed by atoms with E-state index in [2.05, 4.69) is 18.7 Å². The first-order valence-corrected chi connectivity index (χ1v) is 10.1. The Morgan fingerprint density at radius 1 is 1.00 bits per heavy atom. The van der Waals surface area contributed by atoms with Crippen LogP contribution < -0.4 is 0 Å². The van der Waals surface area contributed by atoms with Crippen molar-refractivity contribution in [1.82, 2.24) is 0 Å². The van der Waals surface area contributed by atoms with E-state index in [0.29, 0.717) is 5.92 Å². The average Bonchev–Trinajstić information content (AvgIpc) is 2.63. The standard InChI is InChI=1S/C22H29ClO2/c1-2-21(22(24)25)19-9-7-17(8-10-19)15-3-5-16(6-4-15)18-11-13-20(23)14-12-18/h2,11-17,19,21H,1,3-10H2,(H,24,25)/t15-,16-,17?,19?,21?. The van der Waals surface area contributed by atoms with Gasteiger partial charge in [0.1, 0.15) is 0 Å². The van der Waals surface area contributed by atoms with Gasteiger partial charge in [0, 0.05) is 5.02 Å². The molecule has 0 radical (unpaired) electrons. The second-order valence-electron chi connectivity index (χ2n) is 7.94. The average molecular weight is 361 g/mol. The molecule has 1 atom stereocenters. The molecule has 25 heavy (non-hydrogen) atoms. The highest BCUT2D eigenvalue weighted by molar-refractivity contribution is 6.30. The Morgan fingerprint density at radius 3 is 2.00 bits per heavy atom. The molecule has 0 bridgehead atoms. The van der Waals surface area contributed by atoms with E-state index in [0.717, 1.165) is 29.7 Å². The zero-order valence-electron chi connectivity index (χ0n) is 14.9. The maximum Gasteiger partial charge on any atom is 0.310 e. The van der Waals surface area contributed by atoms with Gasteiger partial charge in [-0.15, -0.1) is 6.58 Å². The van der Waals surface area contributed by atoms with Crippen LogP contribution in [0.5, 0.6) is 0 Å². The number of rotatable bonds is 5. The third kappa shape index (κ3) is 4.47. The molecule has 2 saturated carbocycles. The van der Waals surface area contributed by atoms with E-state index < -0.39 is 5.97 Å². The van der Waals surface area contributed by atoms with Crippen LogP contribution in [0.25, 0.3) is 0 Å². The van der Waals surface area contributed by atoms with Crippen LogP contribution in [-0.2, 0) is 4.79 Å². The second kappa shape index (κ2) is 8.40. The highest BCUT2D eigenvalue weighted by Crippen LogP contribution is 2.45. The molecule has 1 aromatic rings. The molecule has 0 spiro atoms. The summed E-state index contributed by atoms with van der Waals surface area (Å²) >= 11 is 6.00. The van der Waals surface area contributed by atoms with Gasteiger partial charge in [0.2, 0.25) is 0 Å². The minimum absolute atomic E-state index is 0.289. The van der Waals surface area contributed by atoms with Crippen LogP contribution in [0.4, 0.5) is 0 Å². The summed E-state index contributed by atoms with van der Waals surface area (Å²) in [6, 6.07) is 8.37. The second-order valence-corrected chi connectivity index (χ2v) is 8.37. The fourth-order valence-electron chi connectivity index (χ4n) is 5.13. The molecule has 0 aliphatic heterocycles. The number of hydrogen-bond acceptors (Lipinski definition) is 1. The maximum absolute atomic E-state index is 11.3. The van der Waals surface area contributed by atoms with E-state index in [1.165, 1.54) is 44.1 Å². The SMILES string of the molecule is C=CC(C(=O)O)C1CCC([C@H]2CC[C@H](c3ccc(Cl)cc3)CC2)CC1. The van der Waals surface area contributed by atoms with E-state index in [1.54, 1.807) is 6.08 Å². The van der Waals surface area contributed by atoms with Crippen molar-refractivity contribution in [3.05, 3.63) is 47.5 Å². The van der Waals surface area contributed by atoms with Crippen LogP contribution in [-0.4, -0.2) is 11.1 Å². The number of hydrogen-bond donors (Lipinski definition) is 1. The summed E-state index contributed by atoms with van der Waals surface area (Å²) in [5.74, 6) is 1.53. The Balaban J connectivity index is 1.48. The molecule has 2 fully saturated rings. The summed E-state index contributed by atoms with van der Waals surface area (Å²) in [6.07, 6.45) is 11.3. The van der Waals surface area contributed by atoms with Gasteiger partial charge in [0.15, 0.2) is 0 Å². The Labute approximate surface area is 156 Å². The molecule has 1 aromatic carbocycles. The Hall–Kier alpha value is -1.28. The van der Waals surface area contributed by atoms with Gasteiger partial charge in [0.25, 0.3) is 0 Å². The highest BCUT2D eigenvalue weighted by atomic mass is 35.5. The van der Waals surface area contributed by atoms with Crippen LogP contribution in [0.1, 0.15) is 62.8 Å². The van der Waals surface area contributed by atoms with Crippen molar-refractivity contribution in [3.8, 4) is 0 Å². The largest absolute Gasteiger partial charge is 0.481 e. The fraction of sp³-hybridized carbons (Fsp3) is 0.591. The number of carboxylic acid groups (broad SMARTS) is 1. The topological polar surface area (TPSA) is 37.3 Å². The van der Waals surface area contributed by atoms with E-state index in [1.807, 2.05) is 12.1 Å². The summed E-state index contributed by atoms with van der Waals surface area (Å²) in [7, 11) is 0. The maximum atomic E-state index is 11.3. The lowest BCUT2D eigenvalue weighted by atomic mass is 9.67. The molecule has 1 N–H and O–H groups in total. The third-order valence-corrected chi connectivity index (χ3v) is 6.90. The zero-order valence-corrected chi connectivity index (χ0v) is 15.6. The van der Waals surface area contributed by atoms with E-state index in [9.17, 15) is 9.90 Å². The van der Waals surface area contributed by atoms with E-state index in [-0.39, 0.29) is 11.8 Å². The molecule has 1 unspecified atom stereocenters. The number of aliphatic carboxylic acids is 1. The van der Waals surface area contributed by atoms with Crippen LogP contribution in [0.3, 0.4) is 0 Å². The molecule has 0 amide bonds. The summed E-state index contributed by atoms with van der Waals surface area (Å²) in [6.45, 7) is 3.72. The predicted molar refractivity (Wildman–Crippen MR) is 103 cm³/mol. The van der Waals surface area contributed by atoms with Crippen LogP contribution in [0, 0.1) is 23.7 Å². The Morgan fingerprint density at radius 2 is 1.52 bits per heavy atom. The van der Waals surface area contributed by atoms with Gasteiger partial charge in [-0.25, -0.2) is 0 Å². The van der Waals surface area contributed by atoms with Gasteiger partial charge in [-0.05, 0) is 92.7 Å². The summed E-state index contributed by atoms with van der Waals surface area (Å²) in [5.41, 5.74) is 1.43. The molecular weight excluding hydrogens is 332 g/mol. The number of carboxylic acids is 1. The zero-order chi connectivity index (χ0) is 17.8. The lowest BCUT2D eigenvalue weighted by molar-refractivity contribution is -0.142. The molecule has 2 nitrogen and oxygen atoms in total. The molecule has 0 aromatic heterocycles. The fourth-order valence-corrected chi connectivity index (χ4v) is 5.26. The van der Waals surface area contributed by atoms with Crippen molar-refractivity contribution in [1.29, 1.82) is 0 Å². The molecule has 0 saturated heterocycles. The normalized spacial score (nSPS) is 31.2. The first-order valence-electron chi connectivity index (χ1n) is 9.69. The van der Waals surface area contributed by atoms with Gasteiger partial charge < -0.3 is 5.11 Å². The minimum Gasteiger partial charge on any atom is -0.481 e. The van der Waals surface area contributed by atoms with Gasteiger partial charge in [-0.1, -0.05) is 29.8 Å². The highest BCUT2D eigenvalue weighted by Gasteiger charge is 2.34. The molecule has 0 heterocycles. The van der Waals surface area contributed by atoms with E-state index in [4.69, 9.17) is 11.6 Å². The van der Waals surface area contributed by atoms with Gasteiger partial charge >= 0.3 is 5.97 Å². The van der Waals surface area contributed by atoms with Gasteiger partial charge in [-0.3, -0.25) is 4.79 Å². The van der Waals surface area contributed by atoms with Crippen molar-refractivity contribution in [2.75, 3.05) is 0 Å². The number of halogens is 1. The molecule has 2 aliphatic rings. The number of carbonyl (C=O) groups is 1. The van der Waals surface area contributed by atoms with Crippen molar-refractivity contribution in [2.24, 2.45) is 23.7 Å². The quantitative estimate of drug-likeness (QED) is 0.625. The van der Waals surface area contributed by atoms with Gasteiger partial charge in [0.05, 0.1) is 5.92 Å². The molecule has 2 aliphatic carbocycles. The summed E-state index contributed by atoms with van der Waals surface area (Å²) < 4.78 is 0. The third-order valence-electron chi connectivity index (χ3n) is 6.64.